The van der Waals surface area contributed by atoms with Crippen LogP contribution < -0.4 is 0 Å². The quantitative estimate of drug-likeness (QED) is 0.261. The van der Waals surface area contributed by atoms with Crippen LogP contribution in [-0.2, 0) is 25.2 Å². The molecule has 0 heterocycles. The highest BCUT2D eigenvalue weighted by molar-refractivity contribution is 8.01. The zero-order valence-electron chi connectivity index (χ0n) is 16.3. The van der Waals surface area contributed by atoms with E-state index in [1.54, 1.807) is 6.92 Å². The van der Waals surface area contributed by atoms with Crippen molar-refractivity contribution in [2.45, 2.75) is 36.3 Å². The summed E-state index contributed by atoms with van der Waals surface area (Å²) in [5.41, 5.74) is 0.402. The fourth-order valence-electron chi connectivity index (χ4n) is 3.13. The van der Waals surface area contributed by atoms with Crippen molar-refractivity contribution in [3.63, 3.8) is 0 Å². The summed E-state index contributed by atoms with van der Waals surface area (Å²) in [4.78, 5) is 14.3. The molecular weight excluding hydrogens is 368 g/mol. The number of allylic oxidation sites excluding steroid dienone is 6. The van der Waals surface area contributed by atoms with Crippen LogP contribution in [0.15, 0.2) is 94.5 Å². The minimum Gasteiger partial charge on any atom is -0.490 e. The molecule has 0 spiro atoms. The van der Waals surface area contributed by atoms with E-state index in [4.69, 9.17) is 9.47 Å². The minimum absolute atomic E-state index is 0.0494. The van der Waals surface area contributed by atoms with Gasteiger partial charge in [0.25, 0.3) is 0 Å². The van der Waals surface area contributed by atoms with Crippen molar-refractivity contribution >= 4 is 16.9 Å². The molecule has 2 atom stereocenters. The van der Waals surface area contributed by atoms with Crippen LogP contribution in [0.25, 0.3) is 0 Å². The molecule has 146 valence electrons. The predicted octanol–water partition coefficient (Wildman–Crippen LogP) is 5.25. The van der Waals surface area contributed by atoms with Gasteiger partial charge >= 0.3 is 5.97 Å². The normalized spacial score (nSPS) is 19.4. The molecule has 0 fully saturated rings. The Bertz CT molecular complexity index is 818. The lowest BCUT2D eigenvalue weighted by Crippen LogP contribution is -2.23. The molecule has 0 radical (unpaired) electrons. The SMILES string of the molecule is C=C(C)C(=O)OCCOC1=CCC([S+](C2=CC=CCC2)c2ccccc2)C=C1. The average molecular weight is 396 g/mol. The van der Waals surface area contributed by atoms with E-state index in [0.29, 0.717) is 17.4 Å². The molecule has 0 N–H and O–H groups in total. The van der Waals surface area contributed by atoms with Gasteiger partial charge in [-0.25, -0.2) is 4.79 Å². The third-order valence-corrected chi connectivity index (χ3v) is 7.16. The van der Waals surface area contributed by atoms with Gasteiger partial charge in [-0.3, -0.25) is 0 Å². The van der Waals surface area contributed by atoms with Crippen LogP contribution in [0.2, 0.25) is 0 Å². The number of carbonyl (C=O) groups excluding carboxylic acids is 1. The van der Waals surface area contributed by atoms with Crippen LogP contribution in [0.3, 0.4) is 0 Å². The molecule has 0 bridgehead atoms. The number of benzene rings is 1. The number of rotatable bonds is 8. The van der Waals surface area contributed by atoms with E-state index in [2.05, 4.69) is 73.4 Å². The molecule has 0 aliphatic heterocycles. The Hall–Kier alpha value is -2.46. The molecule has 28 heavy (non-hydrogen) atoms. The summed E-state index contributed by atoms with van der Waals surface area (Å²) in [6.07, 6.45) is 16.4. The summed E-state index contributed by atoms with van der Waals surface area (Å²) in [5.74, 6) is 0.468. The molecule has 2 unspecified atom stereocenters. The van der Waals surface area contributed by atoms with Gasteiger partial charge in [0.2, 0.25) is 0 Å². The van der Waals surface area contributed by atoms with Gasteiger partial charge in [-0.2, -0.15) is 0 Å². The molecule has 2 aliphatic rings. The molecular formula is C24H27O3S+. The van der Waals surface area contributed by atoms with Gasteiger partial charge in [-0.15, -0.1) is 0 Å². The van der Waals surface area contributed by atoms with Crippen molar-refractivity contribution < 1.29 is 14.3 Å². The third kappa shape index (κ3) is 5.52. The topological polar surface area (TPSA) is 35.5 Å². The molecule has 3 nitrogen and oxygen atoms in total. The summed E-state index contributed by atoms with van der Waals surface area (Å²) in [5, 5.41) is 0.439. The highest BCUT2D eigenvalue weighted by Gasteiger charge is 2.36. The first kappa shape index (κ1) is 20.3. The van der Waals surface area contributed by atoms with Crippen molar-refractivity contribution in [3.8, 4) is 0 Å². The number of hydrogen-bond acceptors (Lipinski definition) is 3. The Morgan fingerprint density at radius 2 is 2.07 bits per heavy atom. The number of ether oxygens (including phenoxy) is 2. The first-order valence-electron chi connectivity index (χ1n) is 9.63. The Morgan fingerprint density at radius 1 is 1.25 bits per heavy atom. The number of esters is 1. The summed E-state index contributed by atoms with van der Waals surface area (Å²) in [7, 11) is 0.0494. The van der Waals surface area contributed by atoms with Crippen LogP contribution in [0.1, 0.15) is 26.2 Å². The second-order valence-corrected chi connectivity index (χ2v) is 9.03. The molecule has 0 saturated heterocycles. The Morgan fingerprint density at radius 3 is 2.71 bits per heavy atom. The van der Waals surface area contributed by atoms with Gasteiger partial charge in [0.05, 0.1) is 10.9 Å². The van der Waals surface area contributed by atoms with Crippen LogP contribution in [-0.4, -0.2) is 24.4 Å². The monoisotopic (exact) mass is 395 g/mol. The third-order valence-electron chi connectivity index (χ3n) is 4.52. The van der Waals surface area contributed by atoms with E-state index in [-0.39, 0.29) is 23.5 Å². The fraction of sp³-hybridized carbons (Fsp3) is 0.292. The predicted molar refractivity (Wildman–Crippen MR) is 116 cm³/mol. The maximum Gasteiger partial charge on any atom is 0.333 e. The molecule has 1 aromatic rings. The van der Waals surface area contributed by atoms with E-state index in [0.717, 1.165) is 25.0 Å². The van der Waals surface area contributed by atoms with Crippen molar-refractivity contribution in [1.82, 2.24) is 0 Å². The second kappa shape index (κ2) is 10.2. The lowest BCUT2D eigenvalue weighted by molar-refractivity contribution is -0.140. The molecule has 0 aromatic heterocycles. The first-order valence-corrected chi connectivity index (χ1v) is 10.9. The van der Waals surface area contributed by atoms with Gasteiger partial charge in [-0.1, -0.05) is 36.9 Å². The van der Waals surface area contributed by atoms with Gasteiger partial charge in [-0.05, 0) is 49.8 Å². The molecule has 4 heteroatoms. The fourth-order valence-corrected chi connectivity index (χ4v) is 5.71. The summed E-state index contributed by atoms with van der Waals surface area (Å²) >= 11 is 0. The minimum atomic E-state index is -0.376. The Kier molecular flexibility index (Phi) is 7.38. The Labute approximate surface area is 170 Å². The molecule has 3 rings (SSSR count). The van der Waals surface area contributed by atoms with Crippen molar-refractivity contribution in [2.24, 2.45) is 0 Å². The van der Waals surface area contributed by atoms with E-state index >= 15 is 0 Å². The zero-order valence-corrected chi connectivity index (χ0v) is 17.1. The lowest BCUT2D eigenvalue weighted by atomic mass is 10.2. The molecule has 2 aliphatic carbocycles. The highest BCUT2D eigenvalue weighted by atomic mass is 32.2. The highest BCUT2D eigenvalue weighted by Crippen LogP contribution is 2.35. The standard InChI is InChI=1S/C24H27O3S/c1-19(2)24(25)27-18-17-26-20-13-15-23(16-14-20)28(21-9-5-3-6-10-21)22-11-7-4-8-12-22/h3-7,9-11,13-15,23H,1,8,12,16-18H2,2H3/q+1. The van der Waals surface area contributed by atoms with Crippen molar-refractivity contribution in [3.05, 3.63) is 89.6 Å². The van der Waals surface area contributed by atoms with Gasteiger partial charge < -0.3 is 9.47 Å². The summed E-state index contributed by atoms with van der Waals surface area (Å²) in [6, 6.07) is 10.8. The maximum absolute atomic E-state index is 11.4. The second-order valence-electron chi connectivity index (χ2n) is 6.76. The number of hydrogen-bond donors (Lipinski definition) is 0. The van der Waals surface area contributed by atoms with Gasteiger partial charge in [0, 0.05) is 18.4 Å². The van der Waals surface area contributed by atoms with Crippen molar-refractivity contribution in [1.29, 1.82) is 0 Å². The van der Waals surface area contributed by atoms with E-state index in [9.17, 15) is 4.79 Å². The zero-order chi connectivity index (χ0) is 19.8. The lowest BCUT2D eigenvalue weighted by Gasteiger charge is -2.21. The van der Waals surface area contributed by atoms with Gasteiger partial charge in [0.1, 0.15) is 23.9 Å². The van der Waals surface area contributed by atoms with Gasteiger partial charge in [0.15, 0.2) is 10.1 Å². The van der Waals surface area contributed by atoms with Crippen LogP contribution >= 0.6 is 0 Å². The summed E-state index contributed by atoms with van der Waals surface area (Å²) in [6.45, 7) is 5.78. The number of carbonyl (C=O) groups is 1. The Balaban J connectivity index is 1.60. The van der Waals surface area contributed by atoms with Crippen molar-refractivity contribution in [2.75, 3.05) is 13.2 Å². The molecule has 0 amide bonds. The van der Waals surface area contributed by atoms with E-state index in [1.165, 1.54) is 9.80 Å². The summed E-state index contributed by atoms with van der Waals surface area (Å²) < 4.78 is 10.8. The van der Waals surface area contributed by atoms with Crippen LogP contribution in [0, 0.1) is 0 Å². The van der Waals surface area contributed by atoms with E-state index < -0.39 is 0 Å². The first-order chi connectivity index (χ1) is 13.6. The molecule has 1 aromatic carbocycles. The largest absolute Gasteiger partial charge is 0.490 e. The maximum atomic E-state index is 11.4. The van der Waals surface area contributed by atoms with Crippen LogP contribution in [0.4, 0.5) is 0 Å². The molecule has 0 saturated carbocycles. The van der Waals surface area contributed by atoms with Crippen LogP contribution in [0.5, 0.6) is 0 Å². The van der Waals surface area contributed by atoms with E-state index in [1.807, 2.05) is 0 Å². The average Bonchev–Trinajstić information content (AvgIpc) is 2.74. The smallest absolute Gasteiger partial charge is 0.333 e.